The second kappa shape index (κ2) is 7.64. The highest BCUT2D eigenvalue weighted by atomic mass is 16.5. The first kappa shape index (κ1) is 17.9. The topological polar surface area (TPSA) is 95.3 Å². The Bertz CT molecular complexity index is 853. The lowest BCUT2D eigenvalue weighted by Gasteiger charge is -2.32. The number of carbonyl (C=O) groups excluding carboxylic acids is 1. The molecule has 2 aliphatic rings. The van der Waals surface area contributed by atoms with Gasteiger partial charge in [0, 0.05) is 56.6 Å². The molecule has 1 amide bonds. The minimum Gasteiger partial charge on any atom is -0.361 e. The molecule has 4 heterocycles. The van der Waals surface area contributed by atoms with Crippen molar-refractivity contribution in [1.29, 1.82) is 0 Å². The van der Waals surface area contributed by atoms with Crippen molar-refractivity contribution in [2.24, 2.45) is 0 Å². The highest BCUT2D eigenvalue weighted by molar-refractivity contribution is 5.76. The third kappa shape index (κ3) is 3.95. The van der Waals surface area contributed by atoms with E-state index < -0.39 is 0 Å². The van der Waals surface area contributed by atoms with E-state index in [0.29, 0.717) is 25.9 Å². The summed E-state index contributed by atoms with van der Waals surface area (Å²) in [5.74, 6) is 1.86. The quantitative estimate of drug-likeness (QED) is 0.864. The van der Waals surface area contributed by atoms with Gasteiger partial charge in [-0.15, -0.1) is 0 Å². The average Bonchev–Trinajstić information content (AvgIpc) is 3.19. The molecule has 0 radical (unpaired) electrons. The second-order valence-electron chi connectivity index (χ2n) is 7.50. The molecule has 1 N–H and O–H groups in total. The summed E-state index contributed by atoms with van der Waals surface area (Å²) in [5.41, 5.74) is 1.75. The number of likely N-dealkylation sites (N-methyl/N-ethyl adjacent to an activating group) is 1. The number of nitrogens with zero attached hydrogens (tertiary/aromatic N) is 4. The van der Waals surface area contributed by atoms with Crippen LogP contribution in [-0.4, -0.2) is 57.5 Å². The summed E-state index contributed by atoms with van der Waals surface area (Å²) in [6.07, 6.45) is 5.01. The van der Waals surface area contributed by atoms with Crippen molar-refractivity contribution < 1.29 is 9.32 Å². The highest BCUT2D eigenvalue weighted by Crippen LogP contribution is 2.26. The van der Waals surface area contributed by atoms with Gasteiger partial charge < -0.3 is 19.3 Å². The van der Waals surface area contributed by atoms with Gasteiger partial charge in [0.15, 0.2) is 0 Å². The molecular weight excluding hydrogens is 346 g/mol. The number of hydrogen-bond donors (Lipinski definition) is 1. The molecule has 0 unspecified atom stereocenters. The predicted molar refractivity (Wildman–Crippen MR) is 98.3 cm³/mol. The molecule has 1 fully saturated rings. The van der Waals surface area contributed by atoms with Crippen LogP contribution in [0.15, 0.2) is 21.6 Å². The van der Waals surface area contributed by atoms with Gasteiger partial charge in [-0.1, -0.05) is 5.16 Å². The summed E-state index contributed by atoms with van der Waals surface area (Å²) >= 11 is 0. The van der Waals surface area contributed by atoms with Crippen molar-refractivity contribution >= 4 is 5.91 Å². The van der Waals surface area contributed by atoms with Gasteiger partial charge >= 0.3 is 0 Å². The maximum atomic E-state index is 12.4. The van der Waals surface area contributed by atoms with Crippen molar-refractivity contribution in [3.8, 4) is 0 Å². The minimum atomic E-state index is 0.00802. The Labute approximate surface area is 157 Å². The van der Waals surface area contributed by atoms with Crippen LogP contribution < -0.4 is 5.56 Å². The summed E-state index contributed by atoms with van der Waals surface area (Å²) in [6.45, 7) is 3.01. The van der Waals surface area contributed by atoms with E-state index in [0.717, 1.165) is 55.2 Å². The molecule has 0 aliphatic carbocycles. The molecule has 0 atom stereocenters. The van der Waals surface area contributed by atoms with Gasteiger partial charge in [-0.25, -0.2) is 4.98 Å². The van der Waals surface area contributed by atoms with Crippen LogP contribution in [0.4, 0.5) is 0 Å². The number of rotatable bonds is 4. The van der Waals surface area contributed by atoms with Gasteiger partial charge in [0.1, 0.15) is 11.6 Å². The maximum Gasteiger partial charge on any atom is 0.254 e. The molecule has 2 aromatic rings. The zero-order chi connectivity index (χ0) is 18.8. The fraction of sp³-hybridized carbons (Fsp3) is 0.579. The number of carbonyl (C=O) groups is 1. The van der Waals surface area contributed by atoms with Gasteiger partial charge in [-0.2, -0.15) is 0 Å². The first-order valence-electron chi connectivity index (χ1n) is 9.58. The van der Waals surface area contributed by atoms with E-state index in [-0.39, 0.29) is 17.4 Å². The van der Waals surface area contributed by atoms with Crippen molar-refractivity contribution in [1.82, 2.24) is 24.9 Å². The van der Waals surface area contributed by atoms with E-state index >= 15 is 0 Å². The lowest BCUT2D eigenvalue weighted by atomic mass is 9.95. The fourth-order valence-electron chi connectivity index (χ4n) is 3.94. The summed E-state index contributed by atoms with van der Waals surface area (Å²) in [7, 11) is 2.05. The van der Waals surface area contributed by atoms with Gasteiger partial charge in [0.05, 0.1) is 11.9 Å². The van der Waals surface area contributed by atoms with Gasteiger partial charge in [-0.3, -0.25) is 9.59 Å². The lowest BCUT2D eigenvalue weighted by molar-refractivity contribution is -0.132. The largest absolute Gasteiger partial charge is 0.361 e. The van der Waals surface area contributed by atoms with Crippen LogP contribution in [0.25, 0.3) is 0 Å². The number of piperidine rings is 1. The molecule has 144 valence electrons. The van der Waals surface area contributed by atoms with E-state index in [1.54, 1.807) is 12.3 Å². The van der Waals surface area contributed by atoms with Crippen LogP contribution in [0, 0.1) is 0 Å². The zero-order valence-corrected chi connectivity index (χ0v) is 15.6. The smallest absolute Gasteiger partial charge is 0.254 e. The van der Waals surface area contributed by atoms with Crippen LogP contribution >= 0.6 is 0 Å². The van der Waals surface area contributed by atoms with Crippen LogP contribution in [0.5, 0.6) is 0 Å². The number of aryl methyl sites for hydroxylation is 1. The summed E-state index contributed by atoms with van der Waals surface area (Å²) < 4.78 is 5.04. The average molecular weight is 371 g/mol. The number of hydrogen-bond acceptors (Lipinski definition) is 6. The minimum absolute atomic E-state index is 0.00802. The molecule has 0 aromatic carbocycles. The van der Waals surface area contributed by atoms with Crippen molar-refractivity contribution in [2.75, 3.05) is 26.7 Å². The van der Waals surface area contributed by atoms with E-state index in [1.165, 1.54) is 0 Å². The number of likely N-dealkylation sites (tertiary alicyclic amines) is 1. The summed E-state index contributed by atoms with van der Waals surface area (Å²) in [5, 5.41) is 3.66. The van der Waals surface area contributed by atoms with Gasteiger partial charge in [-0.05, 0) is 26.3 Å². The monoisotopic (exact) mass is 371 g/mol. The molecule has 0 spiro atoms. The van der Waals surface area contributed by atoms with Crippen molar-refractivity contribution in [2.45, 2.75) is 44.6 Å². The predicted octanol–water partition coefficient (Wildman–Crippen LogP) is 1.08. The molecule has 0 saturated carbocycles. The highest BCUT2D eigenvalue weighted by Gasteiger charge is 2.27. The van der Waals surface area contributed by atoms with Crippen molar-refractivity contribution in [3.63, 3.8) is 0 Å². The normalized spacial score (nSPS) is 18.5. The van der Waals surface area contributed by atoms with Crippen molar-refractivity contribution in [3.05, 3.63) is 45.5 Å². The maximum absolute atomic E-state index is 12.4. The number of fused-ring (bicyclic) bond motifs is 1. The lowest BCUT2D eigenvalue weighted by Crippen LogP contribution is -2.39. The Morgan fingerprint density at radius 2 is 2.15 bits per heavy atom. The first-order valence-corrected chi connectivity index (χ1v) is 9.58. The number of amides is 1. The van der Waals surface area contributed by atoms with Crippen LogP contribution in [0.1, 0.15) is 48.0 Å². The number of aromatic nitrogens is 3. The number of nitrogens with one attached hydrogen (secondary N) is 1. The molecule has 27 heavy (non-hydrogen) atoms. The molecular formula is C19H25N5O3. The SMILES string of the molecule is CN1CCc2c(nc(C3CCN(C(=O)CCc4ccno4)CC3)[nH]c2=O)C1. The molecule has 2 aromatic heterocycles. The number of H-pyrrole nitrogens is 1. The number of aromatic amines is 1. The van der Waals surface area contributed by atoms with E-state index in [9.17, 15) is 9.59 Å². The Morgan fingerprint density at radius 3 is 2.89 bits per heavy atom. The van der Waals surface area contributed by atoms with E-state index in [2.05, 4.69) is 15.0 Å². The molecule has 8 heteroatoms. The Hall–Kier alpha value is -2.48. The standard InChI is InChI=1S/C19H25N5O3/c1-23-9-7-15-16(12-23)21-18(22-19(15)26)13-5-10-24(11-6-13)17(25)3-2-14-4-8-20-27-14/h4,8,13H,2-3,5-7,9-12H2,1H3,(H,21,22,26). The van der Waals surface area contributed by atoms with Crippen LogP contribution in [0.3, 0.4) is 0 Å². The van der Waals surface area contributed by atoms with E-state index in [1.807, 2.05) is 11.9 Å². The second-order valence-corrected chi connectivity index (χ2v) is 7.50. The Kier molecular flexibility index (Phi) is 5.07. The zero-order valence-electron chi connectivity index (χ0n) is 15.6. The molecule has 8 nitrogen and oxygen atoms in total. The molecule has 2 aliphatic heterocycles. The van der Waals surface area contributed by atoms with Gasteiger partial charge in [0.25, 0.3) is 5.56 Å². The molecule has 0 bridgehead atoms. The molecule has 1 saturated heterocycles. The van der Waals surface area contributed by atoms with E-state index in [4.69, 9.17) is 9.51 Å². The Morgan fingerprint density at radius 1 is 1.33 bits per heavy atom. The van der Waals surface area contributed by atoms with Crippen LogP contribution in [0.2, 0.25) is 0 Å². The van der Waals surface area contributed by atoms with Crippen LogP contribution in [-0.2, 0) is 24.2 Å². The molecule has 4 rings (SSSR count). The third-order valence-electron chi connectivity index (χ3n) is 5.59. The fourth-order valence-corrected chi connectivity index (χ4v) is 3.94. The third-order valence-corrected chi connectivity index (χ3v) is 5.59. The van der Waals surface area contributed by atoms with Gasteiger partial charge in [0.2, 0.25) is 5.91 Å². The first-order chi connectivity index (χ1) is 13.1. The Balaban J connectivity index is 1.36. The summed E-state index contributed by atoms with van der Waals surface area (Å²) in [4.78, 5) is 36.7. The summed E-state index contributed by atoms with van der Waals surface area (Å²) in [6, 6.07) is 1.79.